The average Bonchev–Trinajstić information content (AvgIpc) is 2.93. The van der Waals surface area contributed by atoms with Crippen molar-refractivity contribution in [3.05, 3.63) is 36.4 Å². The quantitative estimate of drug-likeness (QED) is 0.785. The number of nitrogens with zero attached hydrogens (tertiary/aromatic N) is 3. The van der Waals surface area contributed by atoms with Crippen LogP contribution in [-0.2, 0) is 4.79 Å². The number of hydrogen-bond donors (Lipinski definition) is 2. The molecule has 3 rings (SSSR count). The van der Waals surface area contributed by atoms with E-state index < -0.39 is 0 Å². The van der Waals surface area contributed by atoms with E-state index in [1.165, 1.54) is 6.33 Å². The summed E-state index contributed by atoms with van der Waals surface area (Å²) < 4.78 is 1.65. The van der Waals surface area contributed by atoms with Gasteiger partial charge in [-0.2, -0.15) is 5.10 Å². The number of rotatable bonds is 2. The van der Waals surface area contributed by atoms with Crippen molar-refractivity contribution in [3.63, 3.8) is 0 Å². The van der Waals surface area contributed by atoms with Gasteiger partial charge in [0.2, 0.25) is 5.91 Å². The van der Waals surface area contributed by atoms with E-state index in [1.807, 2.05) is 18.2 Å². The zero-order valence-electron chi connectivity index (χ0n) is 9.21. The summed E-state index contributed by atoms with van der Waals surface area (Å²) in [6.45, 7) is 0. The summed E-state index contributed by atoms with van der Waals surface area (Å²) in [5.41, 5.74) is 2.65. The topological polar surface area (TPSA) is 71.8 Å². The fourth-order valence-corrected chi connectivity index (χ4v) is 2.02. The first-order chi connectivity index (χ1) is 8.29. The van der Waals surface area contributed by atoms with Crippen molar-refractivity contribution < 1.29 is 4.79 Å². The van der Waals surface area contributed by atoms with E-state index in [0.717, 1.165) is 16.9 Å². The van der Waals surface area contributed by atoms with Crippen LogP contribution >= 0.6 is 0 Å². The first-order valence-corrected chi connectivity index (χ1v) is 5.26. The lowest BCUT2D eigenvalue weighted by molar-refractivity contribution is -0.117. The summed E-state index contributed by atoms with van der Waals surface area (Å²) in [7, 11) is 1.77. The Balaban J connectivity index is 2.05. The zero-order valence-corrected chi connectivity index (χ0v) is 9.21. The van der Waals surface area contributed by atoms with E-state index in [9.17, 15) is 4.79 Å². The van der Waals surface area contributed by atoms with Gasteiger partial charge >= 0.3 is 0 Å². The van der Waals surface area contributed by atoms with Gasteiger partial charge < -0.3 is 10.6 Å². The monoisotopic (exact) mass is 229 g/mol. The van der Waals surface area contributed by atoms with Crippen molar-refractivity contribution >= 4 is 11.6 Å². The Kier molecular flexibility index (Phi) is 2.15. The Hall–Kier alpha value is -2.21. The molecular formula is C11H11N5O. The Morgan fingerprint density at radius 2 is 2.35 bits per heavy atom. The summed E-state index contributed by atoms with van der Waals surface area (Å²) in [4.78, 5) is 15.5. The maximum Gasteiger partial charge on any atom is 0.246 e. The van der Waals surface area contributed by atoms with Crippen LogP contribution in [0.25, 0.3) is 5.69 Å². The van der Waals surface area contributed by atoms with Crippen LogP contribution in [-0.4, -0.2) is 27.7 Å². The molecule has 0 bridgehead atoms. The molecule has 0 spiro atoms. The van der Waals surface area contributed by atoms with Gasteiger partial charge in [-0.3, -0.25) is 4.79 Å². The van der Waals surface area contributed by atoms with Crippen LogP contribution in [0, 0.1) is 0 Å². The van der Waals surface area contributed by atoms with Gasteiger partial charge in [0.05, 0.1) is 5.69 Å². The van der Waals surface area contributed by atoms with Gasteiger partial charge in [-0.1, -0.05) is 6.07 Å². The molecule has 0 fully saturated rings. The molecule has 1 unspecified atom stereocenters. The zero-order chi connectivity index (χ0) is 11.8. The molecule has 6 heteroatoms. The third-order valence-corrected chi connectivity index (χ3v) is 2.84. The number of aromatic nitrogens is 3. The van der Waals surface area contributed by atoms with Crippen LogP contribution in [0.15, 0.2) is 30.9 Å². The van der Waals surface area contributed by atoms with Crippen molar-refractivity contribution in [3.8, 4) is 5.69 Å². The number of anilines is 1. The Morgan fingerprint density at radius 3 is 3.06 bits per heavy atom. The second-order valence-corrected chi connectivity index (χ2v) is 3.82. The van der Waals surface area contributed by atoms with E-state index in [0.29, 0.717) is 0 Å². The predicted octanol–water partition coefficient (Wildman–Crippen LogP) is 0.480. The van der Waals surface area contributed by atoms with E-state index in [4.69, 9.17) is 0 Å². The van der Waals surface area contributed by atoms with E-state index >= 15 is 0 Å². The number of carbonyl (C=O) groups is 1. The second-order valence-electron chi connectivity index (χ2n) is 3.82. The van der Waals surface area contributed by atoms with Gasteiger partial charge in [0.25, 0.3) is 0 Å². The van der Waals surface area contributed by atoms with Crippen LogP contribution in [0.3, 0.4) is 0 Å². The highest BCUT2D eigenvalue weighted by Crippen LogP contribution is 2.31. The lowest BCUT2D eigenvalue weighted by Crippen LogP contribution is -2.23. The van der Waals surface area contributed by atoms with Crippen molar-refractivity contribution in [1.82, 2.24) is 20.1 Å². The summed E-state index contributed by atoms with van der Waals surface area (Å²) >= 11 is 0. The Bertz CT molecular complexity index is 563. The van der Waals surface area contributed by atoms with E-state index in [1.54, 1.807) is 18.1 Å². The average molecular weight is 229 g/mol. The highest BCUT2D eigenvalue weighted by atomic mass is 16.2. The maximum absolute atomic E-state index is 11.7. The molecule has 1 aromatic heterocycles. The third kappa shape index (κ3) is 1.50. The fraction of sp³-hybridized carbons (Fsp3) is 0.182. The number of benzene rings is 1. The number of likely N-dealkylation sites (N-methyl/N-ethyl adjacent to an activating group) is 1. The number of nitrogens with one attached hydrogen (secondary N) is 2. The minimum Gasteiger partial charge on any atom is -0.324 e. The molecule has 1 atom stereocenters. The largest absolute Gasteiger partial charge is 0.324 e. The molecule has 2 N–H and O–H groups in total. The molecule has 2 heterocycles. The maximum atomic E-state index is 11.7. The van der Waals surface area contributed by atoms with Crippen molar-refractivity contribution in [2.24, 2.45) is 0 Å². The number of amides is 1. The SMILES string of the molecule is CNC1C(=O)Nc2cc(-n3cncn3)ccc21. The highest BCUT2D eigenvalue weighted by molar-refractivity contribution is 6.02. The van der Waals surface area contributed by atoms with Gasteiger partial charge in [-0.25, -0.2) is 9.67 Å². The molecule has 17 heavy (non-hydrogen) atoms. The Labute approximate surface area is 97.7 Å². The first kappa shape index (κ1) is 9.98. The van der Waals surface area contributed by atoms with Crippen molar-refractivity contribution in [2.45, 2.75) is 6.04 Å². The van der Waals surface area contributed by atoms with Crippen molar-refractivity contribution in [2.75, 3.05) is 12.4 Å². The van der Waals surface area contributed by atoms with Crippen LogP contribution in [0.1, 0.15) is 11.6 Å². The Morgan fingerprint density at radius 1 is 1.47 bits per heavy atom. The smallest absolute Gasteiger partial charge is 0.246 e. The minimum absolute atomic E-state index is 0.0294. The molecule has 1 amide bonds. The standard InChI is InChI=1S/C11H11N5O/c1-12-10-8-3-2-7(16-6-13-5-14-16)4-9(8)15-11(10)17/h2-6,10,12H,1H3,(H,15,17). The normalized spacial score (nSPS) is 17.9. The highest BCUT2D eigenvalue weighted by Gasteiger charge is 2.29. The fourth-order valence-electron chi connectivity index (χ4n) is 2.02. The van der Waals surface area contributed by atoms with Crippen LogP contribution < -0.4 is 10.6 Å². The van der Waals surface area contributed by atoms with Crippen LogP contribution in [0.2, 0.25) is 0 Å². The van der Waals surface area contributed by atoms with Gasteiger partial charge in [-0.05, 0) is 19.2 Å². The van der Waals surface area contributed by atoms with Crippen LogP contribution in [0.5, 0.6) is 0 Å². The molecule has 1 aromatic carbocycles. The molecule has 86 valence electrons. The molecule has 0 aliphatic carbocycles. The van der Waals surface area contributed by atoms with Crippen LogP contribution in [0.4, 0.5) is 5.69 Å². The molecule has 1 aliphatic rings. The third-order valence-electron chi connectivity index (χ3n) is 2.84. The molecule has 0 saturated carbocycles. The molecule has 1 aliphatic heterocycles. The van der Waals surface area contributed by atoms with E-state index in [-0.39, 0.29) is 11.9 Å². The summed E-state index contributed by atoms with van der Waals surface area (Å²) in [6, 6.07) is 5.46. The van der Waals surface area contributed by atoms with Crippen molar-refractivity contribution in [1.29, 1.82) is 0 Å². The van der Waals surface area contributed by atoms with Gasteiger partial charge in [0.15, 0.2) is 0 Å². The molecule has 0 radical (unpaired) electrons. The summed E-state index contributed by atoms with van der Waals surface area (Å²) in [5.74, 6) is -0.0294. The molecular weight excluding hydrogens is 218 g/mol. The second kappa shape index (κ2) is 3.67. The lowest BCUT2D eigenvalue weighted by Gasteiger charge is -2.07. The van der Waals surface area contributed by atoms with Gasteiger partial charge in [-0.15, -0.1) is 0 Å². The number of fused-ring (bicyclic) bond motifs is 1. The number of hydrogen-bond acceptors (Lipinski definition) is 4. The predicted molar refractivity (Wildman–Crippen MR) is 61.8 cm³/mol. The number of carbonyl (C=O) groups excluding carboxylic acids is 1. The van der Waals surface area contributed by atoms with Gasteiger partial charge in [0.1, 0.15) is 18.7 Å². The van der Waals surface area contributed by atoms with E-state index in [2.05, 4.69) is 20.7 Å². The molecule has 6 nitrogen and oxygen atoms in total. The minimum atomic E-state index is -0.269. The summed E-state index contributed by atoms with van der Waals surface area (Å²) in [6.07, 6.45) is 3.09. The molecule has 2 aromatic rings. The summed E-state index contributed by atoms with van der Waals surface area (Å²) in [5, 5.41) is 9.86. The van der Waals surface area contributed by atoms with Gasteiger partial charge in [0, 0.05) is 11.3 Å². The lowest BCUT2D eigenvalue weighted by atomic mass is 10.1. The first-order valence-electron chi connectivity index (χ1n) is 5.26. The molecule has 0 saturated heterocycles.